The second kappa shape index (κ2) is 7.15. The summed E-state index contributed by atoms with van der Waals surface area (Å²) in [5.74, 6) is 0.506. The Morgan fingerprint density at radius 1 is 1.25 bits per heavy atom. The first-order chi connectivity index (χ1) is 11.1. The Bertz CT molecular complexity index is 572. The lowest BCUT2D eigenvalue weighted by Gasteiger charge is -2.32. The minimum Gasteiger partial charge on any atom is -0.484 e. The van der Waals surface area contributed by atoms with Crippen LogP contribution >= 0.6 is 0 Å². The van der Waals surface area contributed by atoms with Crippen LogP contribution in [0.5, 0.6) is 5.75 Å². The number of rotatable bonds is 6. The van der Waals surface area contributed by atoms with Gasteiger partial charge in [0.1, 0.15) is 5.75 Å². The summed E-state index contributed by atoms with van der Waals surface area (Å²) >= 11 is 0. The van der Waals surface area contributed by atoms with Crippen LogP contribution in [0.2, 0.25) is 0 Å². The minimum absolute atomic E-state index is 0.00282. The lowest BCUT2D eigenvalue weighted by molar-refractivity contribution is -0.123. The Balaban J connectivity index is 1.99. The standard InChI is InChI=1S/C18H28BNO4/c1-7-13(2)20-16(21)12-22-15-10-8-9-14(11-15)19-23-17(3,4)18(5,6)24-19/h8-11,13H,7,12H2,1-6H3,(H,20,21)/t13-/m0/s1. The van der Waals surface area contributed by atoms with Crippen molar-refractivity contribution in [2.45, 2.75) is 65.2 Å². The molecule has 1 aromatic carbocycles. The molecule has 0 aromatic heterocycles. The molecular formula is C18H28BNO4. The van der Waals surface area contributed by atoms with Crippen molar-refractivity contribution in [2.75, 3.05) is 6.61 Å². The highest BCUT2D eigenvalue weighted by Crippen LogP contribution is 2.36. The van der Waals surface area contributed by atoms with E-state index in [1.54, 1.807) is 0 Å². The molecule has 1 fully saturated rings. The normalized spacial score (nSPS) is 19.8. The number of hydrogen-bond acceptors (Lipinski definition) is 4. The van der Waals surface area contributed by atoms with Gasteiger partial charge in [0.2, 0.25) is 0 Å². The molecule has 1 saturated heterocycles. The van der Waals surface area contributed by atoms with E-state index in [2.05, 4.69) is 5.32 Å². The highest BCUT2D eigenvalue weighted by atomic mass is 16.7. The summed E-state index contributed by atoms with van der Waals surface area (Å²) in [6.45, 7) is 12.1. The fraction of sp³-hybridized carbons (Fsp3) is 0.611. The maximum Gasteiger partial charge on any atom is 0.494 e. The third kappa shape index (κ3) is 4.30. The fourth-order valence-electron chi connectivity index (χ4n) is 2.30. The van der Waals surface area contributed by atoms with Crippen LogP contribution in [-0.4, -0.2) is 36.9 Å². The first-order valence-electron chi connectivity index (χ1n) is 8.52. The molecule has 132 valence electrons. The molecule has 5 nitrogen and oxygen atoms in total. The number of carbonyl (C=O) groups excluding carboxylic acids is 1. The summed E-state index contributed by atoms with van der Waals surface area (Å²) in [6.07, 6.45) is 0.892. The SMILES string of the molecule is CC[C@H](C)NC(=O)COc1cccc(B2OC(C)(C)C(C)(C)O2)c1. The van der Waals surface area contributed by atoms with Gasteiger partial charge in [0.15, 0.2) is 6.61 Å². The number of amides is 1. The molecule has 0 radical (unpaired) electrons. The monoisotopic (exact) mass is 333 g/mol. The molecule has 1 amide bonds. The van der Waals surface area contributed by atoms with E-state index in [1.165, 1.54) is 0 Å². The molecular weight excluding hydrogens is 305 g/mol. The van der Waals surface area contributed by atoms with Gasteiger partial charge in [-0.25, -0.2) is 0 Å². The van der Waals surface area contributed by atoms with Gasteiger partial charge in [-0.15, -0.1) is 0 Å². The topological polar surface area (TPSA) is 56.8 Å². The second-order valence-corrected chi connectivity index (χ2v) is 7.33. The van der Waals surface area contributed by atoms with Gasteiger partial charge in [-0.05, 0) is 58.6 Å². The molecule has 2 rings (SSSR count). The lowest BCUT2D eigenvalue weighted by atomic mass is 9.79. The van der Waals surface area contributed by atoms with E-state index in [0.29, 0.717) is 5.75 Å². The molecule has 1 aliphatic heterocycles. The third-order valence-electron chi connectivity index (χ3n) is 4.77. The molecule has 1 heterocycles. The number of nitrogens with one attached hydrogen (secondary N) is 1. The Kier molecular flexibility index (Phi) is 5.61. The fourth-order valence-corrected chi connectivity index (χ4v) is 2.30. The highest BCUT2D eigenvalue weighted by Gasteiger charge is 2.51. The van der Waals surface area contributed by atoms with Crippen molar-refractivity contribution in [2.24, 2.45) is 0 Å². The average molecular weight is 333 g/mol. The lowest BCUT2D eigenvalue weighted by Crippen LogP contribution is -2.41. The van der Waals surface area contributed by atoms with Gasteiger partial charge in [-0.2, -0.15) is 0 Å². The van der Waals surface area contributed by atoms with Crippen molar-refractivity contribution in [3.63, 3.8) is 0 Å². The Labute approximate surface area is 145 Å². The largest absolute Gasteiger partial charge is 0.494 e. The Hall–Kier alpha value is -1.53. The summed E-state index contributed by atoms with van der Waals surface area (Å²) in [6, 6.07) is 7.65. The van der Waals surface area contributed by atoms with Gasteiger partial charge in [-0.3, -0.25) is 4.79 Å². The highest BCUT2D eigenvalue weighted by molar-refractivity contribution is 6.62. The summed E-state index contributed by atoms with van der Waals surface area (Å²) in [5.41, 5.74) is 0.114. The van der Waals surface area contributed by atoms with Crippen LogP contribution in [0.15, 0.2) is 24.3 Å². The number of carbonyl (C=O) groups is 1. The third-order valence-corrected chi connectivity index (χ3v) is 4.77. The van der Waals surface area contributed by atoms with Gasteiger partial charge in [0.05, 0.1) is 11.2 Å². The maximum atomic E-state index is 11.8. The predicted molar refractivity (Wildman–Crippen MR) is 95.5 cm³/mol. The van der Waals surface area contributed by atoms with Crippen molar-refractivity contribution >= 4 is 18.5 Å². The van der Waals surface area contributed by atoms with Crippen LogP contribution in [0, 0.1) is 0 Å². The van der Waals surface area contributed by atoms with Crippen LogP contribution in [0.4, 0.5) is 0 Å². The molecule has 0 spiro atoms. The molecule has 1 aromatic rings. The number of ether oxygens (including phenoxy) is 1. The predicted octanol–water partition coefficient (Wildman–Crippen LogP) is 2.28. The summed E-state index contributed by atoms with van der Waals surface area (Å²) < 4.78 is 17.7. The van der Waals surface area contributed by atoms with E-state index in [9.17, 15) is 4.79 Å². The molecule has 24 heavy (non-hydrogen) atoms. The molecule has 1 N–H and O–H groups in total. The van der Waals surface area contributed by atoms with Crippen LogP contribution in [0.1, 0.15) is 48.0 Å². The molecule has 1 atom stereocenters. The van der Waals surface area contributed by atoms with E-state index in [-0.39, 0.29) is 29.8 Å². The molecule has 0 aliphatic carbocycles. The molecule has 1 aliphatic rings. The zero-order valence-corrected chi connectivity index (χ0v) is 15.5. The Morgan fingerprint density at radius 2 is 1.88 bits per heavy atom. The quantitative estimate of drug-likeness (QED) is 0.812. The van der Waals surface area contributed by atoms with Crippen LogP contribution in [0.3, 0.4) is 0 Å². The van der Waals surface area contributed by atoms with Crippen LogP contribution in [-0.2, 0) is 14.1 Å². The smallest absolute Gasteiger partial charge is 0.484 e. The van der Waals surface area contributed by atoms with E-state index in [4.69, 9.17) is 14.0 Å². The first-order valence-corrected chi connectivity index (χ1v) is 8.52. The van der Waals surface area contributed by atoms with Gasteiger partial charge in [0.25, 0.3) is 5.91 Å². The zero-order valence-electron chi connectivity index (χ0n) is 15.5. The van der Waals surface area contributed by atoms with E-state index in [0.717, 1.165) is 11.9 Å². The summed E-state index contributed by atoms with van der Waals surface area (Å²) in [4.78, 5) is 11.8. The summed E-state index contributed by atoms with van der Waals surface area (Å²) in [7, 11) is -0.438. The zero-order chi connectivity index (χ0) is 18.0. The second-order valence-electron chi connectivity index (χ2n) is 7.33. The molecule has 6 heteroatoms. The molecule has 0 unspecified atom stereocenters. The minimum atomic E-state index is -0.438. The average Bonchev–Trinajstić information content (AvgIpc) is 2.73. The Morgan fingerprint density at radius 3 is 2.46 bits per heavy atom. The van der Waals surface area contributed by atoms with Crippen molar-refractivity contribution in [1.29, 1.82) is 0 Å². The maximum absolute atomic E-state index is 11.8. The van der Waals surface area contributed by atoms with Crippen molar-refractivity contribution in [3.05, 3.63) is 24.3 Å². The molecule has 0 bridgehead atoms. The first kappa shape index (κ1) is 18.8. The van der Waals surface area contributed by atoms with Gasteiger partial charge < -0.3 is 19.4 Å². The van der Waals surface area contributed by atoms with E-state index < -0.39 is 7.12 Å². The van der Waals surface area contributed by atoms with Crippen molar-refractivity contribution in [3.8, 4) is 5.75 Å². The van der Waals surface area contributed by atoms with Gasteiger partial charge in [-0.1, -0.05) is 19.1 Å². The van der Waals surface area contributed by atoms with Crippen LogP contribution < -0.4 is 15.5 Å². The van der Waals surface area contributed by atoms with Gasteiger partial charge in [0, 0.05) is 6.04 Å². The number of hydrogen-bond donors (Lipinski definition) is 1. The van der Waals surface area contributed by atoms with Crippen molar-refractivity contribution < 1.29 is 18.8 Å². The van der Waals surface area contributed by atoms with Crippen molar-refractivity contribution in [1.82, 2.24) is 5.32 Å². The molecule has 0 saturated carbocycles. The number of benzene rings is 1. The van der Waals surface area contributed by atoms with E-state index in [1.807, 2.05) is 65.8 Å². The summed E-state index contributed by atoms with van der Waals surface area (Å²) in [5, 5.41) is 2.88. The van der Waals surface area contributed by atoms with E-state index >= 15 is 0 Å². The van der Waals surface area contributed by atoms with Gasteiger partial charge >= 0.3 is 7.12 Å². The van der Waals surface area contributed by atoms with Crippen LogP contribution in [0.25, 0.3) is 0 Å².